The summed E-state index contributed by atoms with van der Waals surface area (Å²) in [5, 5.41) is 9.70. The molecule has 2 aromatic heterocycles. The van der Waals surface area contributed by atoms with Gasteiger partial charge in [0.05, 0.1) is 17.1 Å². The smallest absolute Gasteiger partial charge is 0.263 e. The number of hydrogen-bond acceptors (Lipinski definition) is 5. The first-order valence-electron chi connectivity index (χ1n) is 6.18. The van der Waals surface area contributed by atoms with Crippen molar-refractivity contribution in [2.75, 3.05) is 16.6 Å². The molecule has 0 unspecified atom stereocenters. The molecule has 2 aromatic rings. The summed E-state index contributed by atoms with van der Waals surface area (Å²) < 4.78 is 27.0. The molecule has 0 saturated carbocycles. The van der Waals surface area contributed by atoms with Gasteiger partial charge in [-0.05, 0) is 32.9 Å². The fourth-order valence-electron chi connectivity index (χ4n) is 1.72. The number of aromatic amines is 1. The van der Waals surface area contributed by atoms with Gasteiger partial charge in [-0.15, -0.1) is 0 Å². The number of hydrogen-bond donors (Lipinski definition) is 3. The first kappa shape index (κ1) is 14.3. The summed E-state index contributed by atoms with van der Waals surface area (Å²) >= 11 is 0. The van der Waals surface area contributed by atoms with Gasteiger partial charge in [0.1, 0.15) is 10.7 Å². The zero-order valence-corrected chi connectivity index (χ0v) is 12.4. The molecule has 8 heteroatoms. The molecule has 0 amide bonds. The summed E-state index contributed by atoms with van der Waals surface area (Å²) in [6, 6.07) is 3.14. The Bertz CT molecular complexity index is 672. The Balaban J connectivity index is 2.26. The van der Waals surface area contributed by atoms with Gasteiger partial charge in [-0.3, -0.25) is 9.82 Å². The zero-order valence-electron chi connectivity index (χ0n) is 11.6. The van der Waals surface area contributed by atoms with Gasteiger partial charge in [-0.25, -0.2) is 13.4 Å². The van der Waals surface area contributed by atoms with Crippen molar-refractivity contribution in [2.45, 2.75) is 25.7 Å². The highest BCUT2D eigenvalue weighted by atomic mass is 32.2. The number of aromatic nitrogens is 3. The van der Waals surface area contributed by atoms with E-state index in [1.165, 1.54) is 12.3 Å². The molecule has 0 fully saturated rings. The maximum absolute atomic E-state index is 12.3. The molecular formula is C12H17N5O2S. The molecule has 0 aliphatic heterocycles. The van der Waals surface area contributed by atoms with Gasteiger partial charge in [-0.1, -0.05) is 0 Å². The molecule has 0 spiro atoms. The number of H-pyrrole nitrogens is 1. The highest BCUT2D eigenvalue weighted by Gasteiger charge is 2.18. The van der Waals surface area contributed by atoms with Crippen LogP contribution in [0.5, 0.6) is 0 Å². The van der Waals surface area contributed by atoms with E-state index in [1.54, 1.807) is 19.9 Å². The summed E-state index contributed by atoms with van der Waals surface area (Å²) in [6.07, 6.45) is 1.32. The number of sulfonamides is 1. The van der Waals surface area contributed by atoms with Gasteiger partial charge in [0.15, 0.2) is 0 Å². The third-order valence-corrected chi connectivity index (χ3v) is 4.10. The maximum Gasteiger partial charge on any atom is 0.263 e. The van der Waals surface area contributed by atoms with Crippen molar-refractivity contribution in [1.29, 1.82) is 0 Å². The van der Waals surface area contributed by atoms with Gasteiger partial charge >= 0.3 is 0 Å². The maximum atomic E-state index is 12.3. The predicted octanol–water partition coefficient (Wildman–Crippen LogP) is 1.65. The van der Waals surface area contributed by atoms with E-state index < -0.39 is 10.0 Å². The molecular weight excluding hydrogens is 278 g/mol. The van der Waals surface area contributed by atoms with E-state index in [-0.39, 0.29) is 4.90 Å². The molecule has 20 heavy (non-hydrogen) atoms. The van der Waals surface area contributed by atoms with E-state index in [9.17, 15) is 8.42 Å². The van der Waals surface area contributed by atoms with Crippen molar-refractivity contribution in [3.63, 3.8) is 0 Å². The SMILES string of the molecule is CCNc1ccc(S(=O)(=O)Nc2c(C)n[nH]c2C)cn1. The summed E-state index contributed by atoms with van der Waals surface area (Å²) in [5.74, 6) is 0.641. The third-order valence-electron chi connectivity index (χ3n) is 2.77. The van der Waals surface area contributed by atoms with Crippen LogP contribution in [0.2, 0.25) is 0 Å². The second-order valence-electron chi connectivity index (χ2n) is 4.32. The number of pyridine rings is 1. The van der Waals surface area contributed by atoms with Crippen molar-refractivity contribution in [3.05, 3.63) is 29.7 Å². The Morgan fingerprint density at radius 1 is 1.30 bits per heavy atom. The van der Waals surface area contributed by atoms with Crippen molar-refractivity contribution >= 4 is 21.5 Å². The fourth-order valence-corrected chi connectivity index (χ4v) is 2.85. The zero-order chi connectivity index (χ0) is 14.8. The van der Waals surface area contributed by atoms with Gasteiger partial charge in [0, 0.05) is 12.7 Å². The van der Waals surface area contributed by atoms with Crippen LogP contribution in [0.1, 0.15) is 18.3 Å². The van der Waals surface area contributed by atoms with Crippen LogP contribution in [0.15, 0.2) is 23.2 Å². The molecule has 0 aliphatic carbocycles. The Morgan fingerprint density at radius 3 is 2.55 bits per heavy atom. The highest BCUT2D eigenvalue weighted by molar-refractivity contribution is 7.92. The van der Waals surface area contributed by atoms with E-state index in [4.69, 9.17) is 0 Å². The number of rotatable bonds is 5. The van der Waals surface area contributed by atoms with Crippen LogP contribution in [-0.2, 0) is 10.0 Å². The molecule has 7 nitrogen and oxygen atoms in total. The number of anilines is 2. The number of aryl methyl sites for hydroxylation is 2. The second kappa shape index (κ2) is 5.49. The van der Waals surface area contributed by atoms with Crippen molar-refractivity contribution in [2.24, 2.45) is 0 Å². The van der Waals surface area contributed by atoms with Crippen LogP contribution in [0.4, 0.5) is 11.5 Å². The third kappa shape index (κ3) is 2.90. The molecule has 0 aliphatic rings. The Morgan fingerprint density at radius 2 is 2.05 bits per heavy atom. The average Bonchev–Trinajstić information content (AvgIpc) is 2.71. The lowest BCUT2D eigenvalue weighted by atomic mass is 10.3. The second-order valence-corrected chi connectivity index (χ2v) is 6.01. The molecule has 0 atom stereocenters. The molecule has 0 aromatic carbocycles. The first-order valence-corrected chi connectivity index (χ1v) is 7.66. The topological polar surface area (TPSA) is 99.8 Å². The fraction of sp³-hybridized carbons (Fsp3) is 0.333. The van der Waals surface area contributed by atoms with Crippen molar-refractivity contribution in [1.82, 2.24) is 15.2 Å². The van der Waals surface area contributed by atoms with E-state index in [2.05, 4.69) is 25.2 Å². The Labute approximate surface area is 117 Å². The van der Waals surface area contributed by atoms with Crippen molar-refractivity contribution in [3.8, 4) is 0 Å². The van der Waals surface area contributed by atoms with Crippen LogP contribution >= 0.6 is 0 Å². The van der Waals surface area contributed by atoms with Gasteiger partial charge in [-0.2, -0.15) is 5.10 Å². The van der Waals surface area contributed by atoms with Crippen LogP contribution in [0.3, 0.4) is 0 Å². The normalized spacial score (nSPS) is 11.3. The summed E-state index contributed by atoms with van der Waals surface area (Å²) in [5.41, 5.74) is 1.74. The van der Waals surface area contributed by atoms with Crippen LogP contribution in [-0.4, -0.2) is 30.1 Å². The predicted molar refractivity (Wildman–Crippen MR) is 77.3 cm³/mol. The van der Waals surface area contributed by atoms with Crippen molar-refractivity contribution < 1.29 is 8.42 Å². The highest BCUT2D eigenvalue weighted by Crippen LogP contribution is 2.21. The minimum atomic E-state index is -3.66. The molecule has 0 saturated heterocycles. The van der Waals surface area contributed by atoms with E-state index in [1.807, 2.05) is 6.92 Å². The molecule has 0 radical (unpaired) electrons. The minimum Gasteiger partial charge on any atom is -0.370 e. The van der Waals surface area contributed by atoms with Crippen LogP contribution in [0, 0.1) is 13.8 Å². The molecule has 2 heterocycles. The minimum absolute atomic E-state index is 0.110. The lowest BCUT2D eigenvalue weighted by molar-refractivity contribution is 0.600. The summed E-state index contributed by atoms with van der Waals surface area (Å²) in [6.45, 7) is 6.15. The largest absolute Gasteiger partial charge is 0.370 e. The molecule has 0 bridgehead atoms. The monoisotopic (exact) mass is 295 g/mol. The quantitative estimate of drug-likeness (QED) is 0.779. The van der Waals surface area contributed by atoms with Gasteiger partial charge in [0.2, 0.25) is 0 Å². The number of nitrogens with one attached hydrogen (secondary N) is 3. The van der Waals surface area contributed by atoms with Crippen LogP contribution in [0.25, 0.3) is 0 Å². The lowest BCUT2D eigenvalue weighted by Crippen LogP contribution is -2.14. The van der Waals surface area contributed by atoms with Gasteiger partial charge in [0.25, 0.3) is 10.0 Å². The summed E-state index contributed by atoms with van der Waals surface area (Å²) in [7, 11) is -3.66. The molecule has 108 valence electrons. The van der Waals surface area contributed by atoms with Gasteiger partial charge < -0.3 is 5.32 Å². The lowest BCUT2D eigenvalue weighted by Gasteiger charge is -2.08. The Kier molecular flexibility index (Phi) is 3.93. The summed E-state index contributed by atoms with van der Waals surface area (Å²) in [4.78, 5) is 4.17. The average molecular weight is 295 g/mol. The molecule has 2 rings (SSSR count). The van der Waals surface area contributed by atoms with Crippen LogP contribution < -0.4 is 10.0 Å². The van der Waals surface area contributed by atoms with E-state index >= 15 is 0 Å². The standard InChI is InChI=1S/C12H17N5O2S/c1-4-13-11-6-5-10(7-14-11)20(18,19)17-12-8(2)15-16-9(12)3/h5-7,17H,4H2,1-3H3,(H,13,14)(H,15,16). The van der Waals surface area contributed by atoms with E-state index in [0.29, 0.717) is 22.9 Å². The number of nitrogens with zero attached hydrogens (tertiary/aromatic N) is 2. The molecule has 3 N–H and O–H groups in total. The van der Waals surface area contributed by atoms with E-state index in [0.717, 1.165) is 6.54 Å². The Hall–Kier alpha value is -2.09. The first-order chi connectivity index (χ1) is 9.44.